The number of phenols is 1. The van der Waals surface area contributed by atoms with Crippen molar-refractivity contribution in [2.24, 2.45) is 0 Å². The fourth-order valence-corrected chi connectivity index (χ4v) is 5.01. The number of alkyl halides is 2. The first kappa shape index (κ1) is 25.1. The normalized spacial score (nSPS) is 11.5. The van der Waals surface area contributed by atoms with Crippen LogP contribution in [0.15, 0.2) is 88.3 Å². The molecule has 0 fully saturated rings. The number of aromatic nitrogens is 1. The third-order valence-electron chi connectivity index (χ3n) is 5.49. The summed E-state index contributed by atoms with van der Waals surface area (Å²) in [7, 11) is -3.69. The summed E-state index contributed by atoms with van der Waals surface area (Å²) in [4.78, 5) is 12.2. The minimum absolute atomic E-state index is 0.0228. The molecular formula is C26H22F2N2O5S. The molecule has 0 aliphatic carbocycles. The van der Waals surface area contributed by atoms with Crippen LogP contribution < -0.4 is 5.32 Å². The molecule has 0 atom stereocenters. The molecule has 1 amide bonds. The van der Waals surface area contributed by atoms with Crippen molar-refractivity contribution in [2.45, 2.75) is 17.7 Å². The highest BCUT2D eigenvalue weighted by Crippen LogP contribution is 2.39. The fourth-order valence-electron chi connectivity index (χ4n) is 3.70. The van der Waals surface area contributed by atoms with Crippen LogP contribution >= 0.6 is 0 Å². The van der Waals surface area contributed by atoms with Crippen LogP contribution in [0.5, 0.6) is 5.75 Å². The molecule has 7 nitrogen and oxygen atoms in total. The molecule has 0 aliphatic heterocycles. The van der Waals surface area contributed by atoms with Gasteiger partial charge in [-0.05, 0) is 36.2 Å². The largest absolute Gasteiger partial charge is 0.507 e. The number of halogens is 2. The Hall–Kier alpha value is -4.05. The van der Waals surface area contributed by atoms with E-state index in [1.165, 1.54) is 36.4 Å². The van der Waals surface area contributed by atoms with Gasteiger partial charge in [-0.1, -0.05) is 59.8 Å². The van der Waals surface area contributed by atoms with E-state index in [2.05, 4.69) is 10.5 Å². The molecule has 10 heteroatoms. The maximum absolute atomic E-state index is 13.6. The van der Waals surface area contributed by atoms with Crippen molar-refractivity contribution < 1.29 is 31.6 Å². The Bertz CT molecular complexity index is 1450. The van der Waals surface area contributed by atoms with Gasteiger partial charge in [-0.25, -0.2) is 17.2 Å². The van der Waals surface area contributed by atoms with Crippen LogP contribution in [-0.2, 0) is 9.84 Å². The summed E-state index contributed by atoms with van der Waals surface area (Å²) in [5.41, 5.74) is 1.38. The molecule has 0 aliphatic rings. The van der Waals surface area contributed by atoms with E-state index in [1.807, 2.05) is 0 Å². The Balaban J connectivity index is 1.46. The molecule has 2 N–H and O–H groups in total. The Morgan fingerprint density at radius 3 is 2.28 bits per heavy atom. The molecule has 0 bridgehead atoms. The van der Waals surface area contributed by atoms with Gasteiger partial charge in [0.05, 0.1) is 21.8 Å². The first-order chi connectivity index (χ1) is 17.3. The predicted molar refractivity (Wildman–Crippen MR) is 129 cm³/mol. The van der Waals surface area contributed by atoms with Crippen molar-refractivity contribution in [1.82, 2.24) is 10.5 Å². The van der Waals surface area contributed by atoms with Crippen LogP contribution in [0.3, 0.4) is 0 Å². The molecule has 0 saturated heterocycles. The summed E-state index contributed by atoms with van der Waals surface area (Å²) in [6.45, 7) is 0.0867. The highest BCUT2D eigenvalue weighted by Gasteiger charge is 2.26. The Kier molecular flexibility index (Phi) is 7.44. The molecule has 186 valence electrons. The number of carbonyl (C=O) groups excluding carboxylic acids is 1. The fraction of sp³-hybridized carbons (Fsp3) is 0.154. The van der Waals surface area contributed by atoms with Gasteiger partial charge in [-0.2, -0.15) is 0 Å². The topological polar surface area (TPSA) is 110 Å². The monoisotopic (exact) mass is 512 g/mol. The molecule has 1 aromatic heterocycles. The lowest BCUT2D eigenvalue weighted by atomic mass is 9.99. The van der Waals surface area contributed by atoms with Gasteiger partial charge in [0.2, 0.25) is 5.76 Å². The highest BCUT2D eigenvalue weighted by molar-refractivity contribution is 7.91. The quantitative estimate of drug-likeness (QED) is 0.297. The molecule has 1 heterocycles. The zero-order valence-corrected chi connectivity index (χ0v) is 19.7. The Labute approximate surface area is 206 Å². The first-order valence-electron chi connectivity index (χ1n) is 11.0. The van der Waals surface area contributed by atoms with Crippen molar-refractivity contribution in [1.29, 1.82) is 0 Å². The lowest BCUT2D eigenvalue weighted by Crippen LogP contribution is -2.26. The van der Waals surface area contributed by atoms with Gasteiger partial charge in [0.15, 0.2) is 9.84 Å². The maximum Gasteiger partial charge on any atom is 0.298 e. The summed E-state index contributed by atoms with van der Waals surface area (Å²) in [5.74, 6) is -1.50. The number of rotatable bonds is 9. The highest BCUT2D eigenvalue weighted by atomic mass is 32.2. The molecule has 0 saturated carbocycles. The van der Waals surface area contributed by atoms with E-state index in [0.29, 0.717) is 11.1 Å². The number of hydrogen-bond acceptors (Lipinski definition) is 6. The van der Waals surface area contributed by atoms with Crippen LogP contribution in [0.4, 0.5) is 8.78 Å². The summed E-state index contributed by atoms with van der Waals surface area (Å²) in [6, 6.07) is 20.3. The molecular weight excluding hydrogens is 490 g/mol. The smallest absolute Gasteiger partial charge is 0.298 e. The Morgan fingerprint density at radius 2 is 1.61 bits per heavy atom. The SMILES string of the molecule is O=C(NCCCS(=O)(=O)c1ccc(-c2c(-c3ccccc3)noc2C(F)F)cc1)c1ccccc1O. The van der Waals surface area contributed by atoms with Crippen molar-refractivity contribution >= 4 is 15.7 Å². The minimum atomic E-state index is -3.69. The molecule has 4 aromatic rings. The Morgan fingerprint density at radius 1 is 0.944 bits per heavy atom. The van der Waals surface area contributed by atoms with E-state index in [4.69, 9.17) is 4.52 Å². The van der Waals surface area contributed by atoms with E-state index < -0.39 is 27.9 Å². The predicted octanol–water partition coefficient (Wildman–Crippen LogP) is 5.25. The molecule has 0 radical (unpaired) electrons. The van der Waals surface area contributed by atoms with Crippen LogP contribution in [0.1, 0.15) is 29.0 Å². The average molecular weight is 513 g/mol. The van der Waals surface area contributed by atoms with Crippen molar-refractivity contribution in [3.05, 3.63) is 90.2 Å². The van der Waals surface area contributed by atoms with Crippen LogP contribution in [0, 0.1) is 0 Å². The molecule has 3 aromatic carbocycles. The first-order valence-corrected chi connectivity index (χ1v) is 12.7. The van der Waals surface area contributed by atoms with Crippen molar-refractivity contribution in [3.8, 4) is 28.1 Å². The number of carbonyl (C=O) groups is 1. The third-order valence-corrected chi connectivity index (χ3v) is 7.31. The van der Waals surface area contributed by atoms with E-state index >= 15 is 0 Å². The van der Waals surface area contributed by atoms with E-state index in [-0.39, 0.29) is 46.2 Å². The number of nitrogens with one attached hydrogen (secondary N) is 1. The zero-order valence-electron chi connectivity index (χ0n) is 18.9. The minimum Gasteiger partial charge on any atom is -0.507 e. The average Bonchev–Trinajstić information content (AvgIpc) is 3.33. The van der Waals surface area contributed by atoms with Crippen LogP contribution in [0.2, 0.25) is 0 Å². The second kappa shape index (κ2) is 10.7. The lowest BCUT2D eigenvalue weighted by molar-refractivity contribution is 0.0951. The van der Waals surface area contributed by atoms with E-state index in [1.54, 1.807) is 42.5 Å². The third kappa shape index (κ3) is 5.44. The molecule has 0 spiro atoms. The van der Waals surface area contributed by atoms with Gasteiger partial charge < -0.3 is 14.9 Å². The van der Waals surface area contributed by atoms with Gasteiger partial charge in [-0.15, -0.1) is 0 Å². The zero-order chi connectivity index (χ0) is 25.7. The number of amides is 1. The second-order valence-electron chi connectivity index (χ2n) is 7.91. The van der Waals surface area contributed by atoms with E-state index in [0.717, 1.165) is 0 Å². The van der Waals surface area contributed by atoms with Crippen LogP contribution in [0.25, 0.3) is 22.4 Å². The number of benzene rings is 3. The van der Waals surface area contributed by atoms with E-state index in [9.17, 15) is 27.1 Å². The van der Waals surface area contributed by atoms with Crippen molar-refractivity contribution in [3.63, 3.8) is 0 Å². The summed E-state index contributed by atoms with van der Waals surface area (Å²) < 4.78 is 57.6. The van der Waals surface area contributed by atoms with Gasteiger partial charge in [-0.3, -0.25) is 4.79 Å². The number of phenolic OH excluding ortho intramolecular Hbond substituents is 1. The van der Waals surface area contributed by atoms with Gasteiger partial charge in [0, 0.05) is 12.1 Å². The summed E-state index contributed by atoms with van der Waals surface area (Å²) in [5, 5.41) is 16.1. The number of para-hydroxylation sites is 1. The number of hydrogen-bond donors (Lipinski definition) is 2. The molecule has 4 rings (SSSR count). The van der Waals surface area contributed by atoms with Gasteiger partial charge in [0.1, 0.15) is 11.4 Å². The number of aromatic hydroxyl groups is 1. The summed E-state index contributed by atoms with van der Waals surface area (Å²) >= 11 is 0. The standard InChI is InChI=1S/C26H22F2N2O5S/c27-25(28)24-22(23(30-35-24)18-7-2-1-3-8-18)17-11-13-19(14-12-17)36(33,34)16-6-15-29-26(32)20-9-4-5-10-21(20)31/h1-5,7-14,25,31H,6,15-16H2,(H,29,32). The van der Waals surface area contributed by atoms with Gasteiger partial charge in [0.25, 0.3) is 12.3 Å². The van der Waals surface area contributed by atoms with Gasteiger partial charge >= 0.3 is 0 Å². The summed E-state index contributed by atoms with van der Waals surface area (Å²) in [6.07, 6.45) is -2.76. The number of nitrogens with zero attached hydrogens (tertiary/aromatic N) is 1. The van der Waals surface area contributed by atoms with Crippen molar-refractivity contribution in [2.75, 3.05) is 12.3 Å². The van der Waals surface area contributed by atoms with Crippen LogP contribution in [-0.4, -0.2) is 36.9 Å². The maximum atomic E-state index is 13.6. The molecule has 36 heavy (non-hydrogen) atoms. The molecule has 0 unspecified atom stereocenters. The lowest BCUT2D eigenvalue weighted by Gasteiger charge is -2.09. The number of sulfone groups is 1. The second-order valence-corrected chi connectivity index (χ2v) is 10.0.